The Kier molecular flexibility index (Phi) is 3.61. The van der Waals surface area contributed by atoms with Crippen LogP contribution in [0.5, 0.6) is 11.5 Å². The minimum atomic E-state index is -0.386. The average Bonchev–Trinajstić information content (AvgIpc) is 3.37. The molecule has 0 atom stereocenters. The molecule has 1 aromatic carbocycles. The largest absolute Gasteiger partial charge is 0.454 e. The van der Waals surface area contributed by atoms with E-state index in [-0.39, 0.29) is 29.5 Å². The second-order valence-electron chi connectivity index (χ2n) is 9.74. The van der Waals surface area contributed by atoms with E-state index in [2.05, 4.69) is 4.99 Å². The van der Waals surface area contributed by atoms with Gasteiger partial charge in [0.15, 0.2) is 17.3 Å². The van der Waals surface area contributed by atoms with E-state index in [1.54, 1.807) is 11.1 Å². The van der Waals surface area contributed by atoms with Gasteiger partial charge in [-0.3, -0.25) is 10.2 Å². The van der Waals surface area contributed by atoms with E-state index in [0.29, 0.717) is 16.7 Å². The van der Waals surface area contributed by atoms with Crippen molar-refractivity contribution in [1.29, 1.82) is 5.41 Å². The molecule has 7 aliphatic rings. The number of hydrazone groups is 1. The summed E-state index contributed by atoms with van der Waals surface area (Å²) in [5, 5.41) is 16.8. The van der Waals surface area contributed by atoms with Crippen LogP contribution in [0.1, 0.15) is 44.1 Å². The number of amides is 1. The second kappa shape index (κ2) is 6.22. The Labute approximate surface area is 184 Å². The number of fused-ring (bicyclic) bond motifs is 2. The summed E-state index contributed by atoms with van der Waals surface area (Å²) in [5.41, 5.74) is 1.15. The molecular weight excluding hydrogens is 412 g/mol. The molecule has 0 spiro atoms. The third-order valence-electron chi connectivity index (χ3n) is 7.65. The van der Waals surface area contributed by atoms with Crippen LogP contribution in [0.3, 0.4) is 0 Å². The molecule has 4 bridgehead atoms. The highest BCUT2D eigenvalue weighted by molar-refractivity contribution is 8.27. The fraction of sp³-hybridized carbons (Fsp3) is 0.478. The predicted octanol–water partition coefficient (Wildman–Crippen LogP) is 4.25. The van der Waals surface area contributed by atoms with Crippen LogP contribution in [0.15, 0.2) is 33.9 Å². The Bertz CT molecular complexity index is 1100. The van der Waals surface area contributed by atoms with Gasteiger partial charge in [0.2, 0.25) is 12.0 Å². The predicted molar refractivity (Wildman–Crippen MR) is 118 cm³/mol. The van der Waals surface area contributed by atoms with Crippen molar-refractivity contribution < 1.29 is 14.3 Å². The minimum absolute atomic E-state index is 0.0971. The summed E-state index contributed by atoms with van der Waals surface area (Å²) in [5.74, 6) is 3.49. The van der Waals surface area contributed by atoms with Gasteiger partial charge < -0.3 is 9.47 Å². The standard InChI is InChI=1S/C23H22N4O3S/c24-19-16(6-12-1-2-17-18(7-12)30-11-29-17)20(28)25-22-27(19)26-21(31-22)23-8-13-3-14(9-23)5-15(4-13)10-23/h1-2,6-7,13-15,24H,3-5,8-11H2/b16-6+,24-19?. The van der Waals surface area contributed by atoms with Gasteiger partial charge in [0.25, 0.3) is 5.91 Å². The van der Waals surface area contributed by atoms with Gasteiger partial charge in [0.1, 0.15) is 5.04 Å². The Morgan fingerprint density at radius 3 is 2.55 bits per heavy atom. The van der Waals surface area contributed by atoms with Gasteiger partial charge in [-0.05, 0) is 91.8 Å². The number of thioether (sulfide) groups is 1. The van der Waals surface area contributed by atoms with Crippen molar-refractivity contribution in [2.45, 2.75) is 38.5 Å². The van der Waals surface area contributed by atoms with Crippen molar-refractivity contribution in [3.8, 4) is 11.5 Å². The monoisotopic (exact) mass is 434 g/mol. The maximum atomic E-state index is 12.8. The minimum Gasteiger partial charge on any atom is -0.454 e. The van der Waals surface area contributed by atoms with Crippen molar-refractivity contribution in [3.05, 3.63) is 29.3 Å². The number of amidine groups is 2. The smallest absolute Gasteiger partial charge is 0.283 e. The first-order chi connectivity index (χ1) is 15.1. The molecule has 8 rings (SSSR count). The molecule has 31 heavy (non-hydrogen) atoms. The molecule has 8 heteroatoms. The lowest BCUT2D eigenvalue weighted by atomic mass is 9.50. The molecule has 4 fully saturated rings. The fourth-order valence-corrected chi connectivity index (χ4v) is 7.86. The van der Waals surface area contributed by atoms with E-state index < -0.39 is 0 Å². The van der Waals surface area contributed by atoms with E-state index in [0.717, 1.165) is 28.4 Å². The molecule has 158 valence electrons. The average molecular weight is 435 g/mol. The highest BCUT2D eigenvalue weighted by Crippen LogP contribution is 2.62. The number of nitrogens with one attached hydrogen (secondary N) is 1. The lowest BCUT2D eigenvalue weighted by Gasteiger charge is -2.56. The Morgan fingerprint density at radius 2 is 1.81 bits per heavy atom. The molecule has 1 aromatic rings. The summed E-state index contributed by atoms with van der Waals surface area (Å²) in [7, 11) is 0. The quantitative estimate of drug-likeness (QED) is 0.703. The normalized spacial score (nSPS) is 36.2. The number of carbonyl (C=O) groups is 1. The lowest BCUT2D eigenvalue weighted by Crippen LogP contribution is -2.49. The number of carbonyl (C=O) groups excluding carboxylic acids is 1. The van der Waals surface area contributed by atoms with Crippen molar-refractivity contribution in [1.82, 2.24) is 5.01 Å². The van der Waals surface area contributed by atoms with Crippen molar-refractivity contribution in [2.24, 2.45) is 33.3 Å². The highest BCUT2D eigenvalue weighted by atomic mass is 32.2. The second-order valence-corrected chi connectivity index (χ2v) is 10.7. The molecular formula is C23H22N4O3S. The maximum absolute atomic E-state index is 12.8. The lowest BCUT2D eigenvalue weighted by molar-refractivity contribution is -0.114. The molecule has 1 N–H and O–H groups in total. The van der Waals surface area contributed by atoms with E-state index in [9.17, 15) is 4.79 Å². The van der Waals surface area contributed by atoms with Crippen LogP contribution in [0.4, 0.5) is 0 Å². The van der Waals surface area contributed by atoms with Crippen LogP contribution < -0.4 is 9.47 Å². The Morgan fingerprint density at radius 1 is 1.10 bits per heavy atom. The number of hydrogen-bond acceptors (Lipinski definition) is 6. The molecule has 3 heterocycles. The van der Waals surface area contributed by atoms with E-state index in [1.807, 2.05) is 18.2 Å². The summed E-state index contributed by atoms with van der Waals surface area (Å²) in [6.45, 7) is 0.199. The number of ether oxygens (including phenoxy) is 2. The fourth-order valence-electron chi connectivity index (χ4n) is 6.75. The third kappa shape index (κ3) is 2.67. The summed E-state index contributed by atoms with van der Waals surface area (Å²) in [6.07, 6.45) is 9.42. The molecule has 0 unspecified atom stereocenters. The molecule has 0 radical (unpaired) electrons. The molecule has 4 aliphatic carbocycles. The van der Waals surface area contributed by atoms with Gasteiger partial charge >= 0.3 is 0 Å². The maximum Gasteiger partial charge on any atom is 0.283 e. The zero-order valence-electron chi connectivity index (χ0n) is 17.0. The van der Waals surface area contributed by atoms with Gasteiger partial charge in [-0.15, -0.1) is 0 Å². The van der Waals surface area contributed by atoms with Gasteiger partial charge in [-0.1, -0.05) is 6.07 Å². The first-order valence-corrected chi connectivity index (χ1v) is 11.8. The summed E-state index contributed by atoms with van der Waals surface area (Å²) < 4.78 is 10.8. The van der Waals surface area contributed by atoms with E-state index in [1.165, 1.54) is 50.3 Å². The van der Waals surface area contributed by atoms with Gasteiger partial charge in [-0.25, -0.2) is 0 Å². The highest BCUT2D eigenvalue weighted by Gasteiger charge is 2.55. The first-order valence-electron chi connectivity index (χ1n) is 11.0. The molecule has 1 amide bonds. The van der Waals surface area contributed by atoms with E-state index in [4.69, 9.17) is 20.0 Å². The zero-order chi connectivity index (χ0) is 20.7. The van der Waals surface area contributed by atoms with E-state index >= 15 is 0 Å². The van der Waals surface area contributed by atoms with Crippen molar-refractivity contribution in [2.75, 3.05) is 6.79 Å². The van der Waals surface area contributed by atoms with Crippen molar-refractivity contribution in [3.63, 3.8) is 0 Å². The number of rotatable bonds is 2. The summed E-state index contributed by atoms with van der Waals surface area (Å²) in [6, 6.07) is 5.48. The van der Waals surface area contributed by atoms with Crippen LogP contribution in [0, 0.1) is 28.6 Å². The Balaban J connectivity index is 1.21. The topological polar surface area (TPSA) is 87.3 Å². The van der Waals surface area contributed by atoms with Crippen LogP contribution >= 0.6 is 11.8 Å². The Hall–Kier alpha value is -2.61. The van der Waals surface area contributed by atoms with Crippen molar-refractivity contribution >= 4 is 39.8 Å². The molecule has 0 aromatic heterocycles. The van der Waals surface area contributed by atoms with Gasteiger partial charge in [0, 0.05) is 5.41 Å². The SMILES string of the molecule is N=C1/C(=C\c2ccc3c(c2)OCO3)C(=O)N=C2SC(C34CC5CC(CC(C5)C3)C4)=NN12. The van der Waals surface area contributed by atoms with Gasteiger partial charge in [-0.2, -0.15) is 15.1 Å². The summed E-state index contributed by atoms with van der Waals surface area (Å²) in [4.78, 5) is 17.1. The summed E-state index contributed by atoms with van der Waals surface area (Å²) >= 11 is 1.52. The zero-order valence-corrected chi connectivity index (χ0v) is 17.8. The molecule has 7 nitrogen and oxygen atoms in total. The molecule has 4 saturated carbocycles. The number of aliphatic imine (C=N–C) groups is 1. The van der Waals surface area contributed by atoms with Crippen LogP contribution in [0.25, 0.3) is 6.08 Å². The van der Waals surface area contributed by atoms with Crippen LogP contribution in [0.2, 0.25) is 0 Å². The third-order valence-corrected chi connectivity index (χ3v) is 8.81. The molecule has 3 aliphatic heterocycles. The van der Waals surface area contributed by atoms with Crippen LogP contribution in [-0.2, 0) is 4.79 Å². The molecule has 0 saturated heterocycles. The number of hydrogen-bond donors (Lipinski definition) is 1. The van der Waals surface area contributed by atoms with Crippen LogP contribution in [-0.4, -0.2) is 33.8 Å². The van der Waals surface area contributed by atoms with Gasteiger partial charge in [0.05, 0.1) is 5.57 Å². The number of benzene rings is 1. The first kappa shape index (κ1) is 18.0. The number of nitrogens with zero attached hydrogens (tertiary/aromatic N) is 3.